The van der Waals surface area contributed by atoms with Crippen molar-refractivity contribution in [1.29, 1.82) is 0 Å². The van der Waals surface area contributed by atoms with Gasteiger partial charge in [0.25, 0.3) is 0 Å². The first-order chi connectivity index (χ1) is 8.15. The van der Waals surface area contributed by atoms with Gasteiger partial charge >= 0.3 is 0 Å². The predicted octanol–water partition coefficient (Wildman–Crippen LogP) is 2.19. The van der Waals surface area contributed by atoms with E-state index in [0.29, 0.717) is 0 Å². The summed E-state index contributed by atoms with van der Waals surface area (Å²) >= 11 is 0. The van der Waals surface area contributed by atoms with Gasteiger partial charge in [-0.05, 0) is 40.8 Å². The SMILES string of the molecule is C=C[Si]1(C)N(C)[Si](C)(C=C)N(C)[Si](C)(C=C)N1C. The van der Waals surface area contributed by atoms with Crippen LogP contribution in [0.25, 0.3) is 0 Å². The molecule has 6 heteroatoms. The monoisotopic (exact) mass is 297 g/mol. The zero-order valence-corrected chi connectivity index (χ0v) is 15.7. The first-order valence-corrected chi connectivity index (χ1v) is 13.7. The fraction of sp³-hybridized carbons (Fsp3) is 0.500. The minimum absolute atomic E-state index is 1.80. The molecule has 0 radical (unpaired) electrons. The Balaban J connectivity index is 3.52. The molecule has 1 aliphatic heterocycles. The molecule has 0 aromatic carbocycles. The van der Waals surface area contributed by atoms with Crippen molar-refractivity contribution in [3.63, 3.8) is 0 Å². The topological polar surface area (TPSA) is 9.72 Å². The summed E-state index contributed by atoms with van der Waals surface area (Å²) in [6.45, 7) is 19.5. The van der Waals surface area contributed by atoms with Gasteiger partial charge in [-0.25, -0.2) is 0 Å². The summed E-state index contributed by atoms with van der Waals surface area (Å²) < 4.78 is 7.74. The van der Waals surface area contributed by atoms with Crippen LogP contribution in [0.5, 0.6) is 0 Å². The molecule has 1 fully saturated rings. The average molecular weight is 298 g/mol. The molecule has 0 aliphatic carbocycles. The average Bonchev–Trinajstić information content (AvgIpc) is 2.40. The number of nitrogens with zero attached hydrogens (tertiary/aromatic N) is 3. The second kappa shape index (κ2) is 4.70. The summed E-state index contributed by atoms with van der Waals surface area (Å²) in [5.41, 5.74) is 6.55. The minimum Gasteiger partial charge on any atom is -0.319 e. The van der Waals surface area contributed by atoms with E-state index in [1.165, 1.54) is 0 Å². The van der Waals surface area contributed by atoms with Crippen LogP contribution in [0.15, 0.2) is 36.8 Å². The van der Waals surface area contributed by atoms with Gasteiger partial charge in [-0.3, -0.25) is 0 Å². The van der Waals surface area contributed by atoms with Crippen LogP contribution < -0.4 is 0 Å². The molecular formula is C12H27N3Si3. The van der Waals surface area contributed by atoms with E-state index in [-0.39, 0.29) is 0 Å². The molecule has 0 spiro atoms. The Morgan fingerprint density at radius 2 is 0.778 bits per heavy atom. The van der Waals surface area contributed by atoms with Crippen molar-refractivity contribution < 1.29 is 0 Å². The van der Waals surface area contributed by atoms with Crippen LogP contribution in [0.3, 0.4) is 0 Å². The Kier molecular flexibility index (Phi) is 4.12. The molecule has 0 N–H and O–H groups in total. The molecule has 0 aromatic heterocycles. The molecule has 1 rings (SSSR count). The third-order valence-corrected chi connectivity index (χ3v) is 23.9. The lowest BCUT2D eigenvalue weighted by Gasteiger charge is -2.64. The van der Waals surface area contributed by atoms with Gasteiger partial charge in [-0.1, -0.05) is 17.1 Å². The fourth-order valence-electron chi connectivity index (χ4n) is 2.87. The molecule has 3 nitrogen and oxygen atoms in total. The van der Waals surface area contributed by atoms with E-state index in [0.717, 1.165) is 0 Å². The van der Waals surface area contributed by atoms with Crippen LogP contribution in [0, 0.1) is 0 Å². The van der Waals surface area contributed by atoms with E-state index in [1.54, 1.807) is 0 Å². The summed E-state index contributed by atoms with van der Waals surface area (Å²) in [6, 6.07) is 0. The Bertz CT molecular complexity index is 314. The molecule has 0 aromatic rings. The maximum Gasteiger partial charge on any atom is 0.217 e. The maximum atomic E-state index is 4.12. The lowest BCUT2D eigenvalue weighted by atomic mass is 11.3. The highest BCUT2D eigenvalue weighted by atomic mass is 28.5. The summed E-state index contributed by atoms with van der Waals surface area (Å²) in [6.07, 6.45) is 0. The first-order valence-electron chi connectivity index (χ1n) is 6.27. The van der Waals surface area contributed by atoms with Gasteiger partial charge < -0.3 is 12.7 Å². The number of rotatable bonds is 3. The van der Waals surface area contributed by atoms with Gasteiger partial charge in [-0.2, -0.15) is 0 Å². The standard InChI is InChI=1S/C12H27N3Si3/c1-10-16(7)13(4)17(8,11-2)15(6)18(9,12-3)14(16)5/h10-12H,1-3H2,4-9H3. The highest BCUT2D eigenvalue weighted by molar-refractivity contribution is 7.08. The van der Waals surface area contributed by atoms with Crippen molar-refractivity contribution in [2.24, 2.45) is 0 Å². The second-order valence-corrected chi connectivity index (χ2v) is 18.7. The third kappa shape index (κ3) is 1.71. The van der Waals surface area contributed by atoms with Gasteiger partial charge in [0.05, 0.1) is 0 Å². The number of hydrogen-bond donors (Lipinski definition) is 0. The van der Waals surface area contributed by atoms with Gasteiger partial charge in [-0.15, -0.1) is 19.7 Å². The van der Waals surface area contributed by atoms with Gasteiger partial charge in [0.2, 0.25) is 25.2 Å². The summed E-state index contributed by atoms with van der Waals surface area (Å²) in [4.78, 5) is 0. The van der Waals surface area contributed by atoms with Crippen molar-refractivity contribution in [2.45, 2.75) is 19.6 Å². The largest absolute Gasteiger partial charge is 0.319 e. The number of hydrogen-bond acceptors (Lipinski definition) is 3. The van der Waals surface area contributed by atoms with Crippen molar-refractivity contribution in [3.8, 4) is 0 Å². The third-order valence-electron chi connectivity index (χ3n) is 5.23. The van der Waals surface area contributed by atoms with E-state index < -0.39 is 25.2 Å². The van der Waals surface area contributed by atoms with Crippen molar-refractivity contribution in [3.05, 3.63) is 36.8 Å². The summed E-state index contributed by atoms with van der Waals surface area (Å²) in [5, 5.41) is 0. The van der Waals surface area contributed by atoms with Gasteiger partial charge in [0, 0.05) is 0 Å². The summed E-state index contributed by atoms with van der Waals surface area (Å²) in [5.74, 6) is 0. The quantitative estimate of drug-likeness (QED) is 0.739. The molecule has 1 saturated heterocycles. The lowest BCUT2D eigenvalue weighted by molar-refractivity contribution is 0.498. The Morgan fingerprint density at radius 1 is 0.611 bits per heavy atom. The van der Waals surface area contributed by atoms with E-state index in [1.807, 2.05) is 0 Å². The molecular weight excluding hydrogens is 270 g/mol. The Labute approximate surface area is 116 Å². The maximum absolute atomic E-state index is 4.12. The smallest absolute Gasteiger partial charge is 0.217 e. The van der Waals surface area contributed by atoms with Crippen molar-refractivity contribution in [2.75, 3.05) is 21.1 Å². The molecule has 0 bridgehead atoms. The van der Waals surface area contributed by atoms with E-state index in [2.05, 4.69) is 90.3 Å². The second-order valence-electron chi connectivity index (χ2n) is 5.57. The van der Waals surface area contributed by atoms with Crippen LogP contribution in [0.4, 0.5) is 0 Å². The lowest BCUT2D eigenvalue weighted by Crippen LogP contribution is -2.88. The molecule has 1 aliphatic rings. The first kappa shape index (κ1) is 15.8. The van der Waals surface area contributed by atoms with Crippen molar-refractivity contribution in [1.82, 2.24) is 12.7 Å². The van der Waals surface area contributed by atoms with Crippen LogP contribution in [-0.2, 0) is 0 Å². The minimum atomic E-state index is -1.80. The van der Waals surface area contributed by atoms with E-state index in [9.17, 15) is 0 Å². The van der Waals surface area contributed by atoms with E-state index >= 15 is 0 Å². The van der Waals surface area contributed by atoms with Crippen LogP contribution in [0.1, 0.15) is 0 Å². The molecule has 102 valence electrons. The Hall–Kier alpha value is -0.249. The molecule has 0 unspecified atom stereocenters. The molecule has 18 heavy (non-hydrogen) atoms. The zero-order chi connectivity index (χ0) is 14.4. The zero-order valence-electron chi connectivity index (χ0n) is 12.7. The highest BCUT2D eigenvalue weighted by Gasteiger charge is 2.60. The van der Waals surface area contributed by atoms with Gasteiger partial charge in [0.1, 0.15) is 0 Å². The molecule has 0 saturated carbocycles. The van der Waals surface area contributed by atoms with Crippen LogP contribution >= 0.6 is 0 Å². The fourth-order valence-corrected chi connectivity index (χ4v) is 22.1. The highest BCUT2D eigenvalue weighted by Crippen LogP contribution is 2.36. The van der Waals surface area contributed by atoms with Crippen LogP contribution in [-0.4, -0.2) is 59.0 Å². The summed E-state index contributed by atoms with van der Waals surface area (Å²) in [7, 11) is 1.32. The molecule has 1 heterocycles. The van der Waals surface area contributed by atoms with E-state index in [4.69, 9.17) is 0 Å². The normalized spacial score (nSPS) is 43.7. The molecule has 0 amide bonds. The predicted molar refractivity (Wildman–Crippen MR) is 88.7 cm³/mol. The molecule has 0 atom stereocenters. The van der Waals surface area contributed by atoms with Crippen LogP contribution in [0.2, 0.25) is 19.6 Å². The Morgan fingerprint density at radius 3 is 0.889 bits per heavy atom. The van der Waals surface area contributed by atoms with Gasteiger partial charge in [0.15, 0.2) is 0 Å². The van der Waals surface area contributed by atoms with Crippen molar-refractivity contribution >= 4 is 25.2 Å².